The minimum absolute atomic E-state index is 0.0279. The van der Waals surface area contributed by atoms with E-state index in [4.69, 9.17) is 4.74 Å². The Labute approximate surface area is 256 Å². The van der Waals surface area contributed by atoms with Crippen molar-refractivity contribution in [2.24, 2.45) is 5.92 Å². The first-order valence-electron chi connectivity index (χ1n) is 14.6. The van der Waals surface area contributed by atoms with Gasteiger partial charge in [-0.25, -0.2) is 4.79 Å². The number of para-hydroxylation sites is 1. The predicted molar refractivity (Wildman–Crippen MR) is 165 cm³/mol. The van der Waals surface area contributed by atoms with Crippen LogP contribution in [0.25, 0.3) is 0 Å². The summed E-state index contributed by atoms with van der Waals surface area (Å²) >= 11 is 1.53. The predicted octanol–water partition coefficient (Wildman–Crippen LogP) is 3.50. The molecule has 3 heterocycles. The maximum absolute atomic E-state index is 14.0. The summed E-state index contributed by atoms with van der Waals surface area (Å²) in [5.41, 5.74) is 2.48. The zero-order valence-corrected chi connectivity index (χ0v) is 26.2. The van der Waals surface area contributed by atoms with Crippen LogP contribution in [0.2, 0.25) is 0 Å². The third kappa shape index (κ3) is 8.34. The summed E-state index contributed by atoms with van der Waals surface area (Å²) in [6, 6.07) is 5.82. The van der Waals surface area contributed by atoms with Crippen LogP contribution in [0.5, 0.6) is 0 Å². The van der Waals surface area contributed by atoms with Crippen LogP contribution in [0.3, 0.4) is 0 Å². The van der Waals surface area contributed by atoms with Crippen molar-refractivity contribution >= 4 is 52.4 Å². The van der Waals surface area contributed by atoms with Crippen LogP contribution in [0.1, 0.15) is 65.0 Å². The molecule has 11 nitrogen and oxygen atoms in total. The minimum Gasteiger partial charge on any atom is -0.444 e. The number of nitrogens with one attached hydrogen (secondary N) is 3. The summed E-state index contributed by atoms with van der Waals surface area (Å²) in [4.78, 5) is 68.3. The van der Waals surface area contributed by atoms with Crippen LogP contribution in [0.4, 0.5) is 16.2 Å². The van der Waals surface area contributed by atoms with Crippen LogP contribution in [-0.4, -0.2) is 60.5 Å². The standard InChI is InChI=1S/C31H41N5O6S/c1-19(2)14-22(33-25(37)16-32-30(41)42-31(3,4)5)28(39)34-23-15-21-8-6-9-24(35-12-7-10-26(35)38)27(21)36(29(23)40)17-20-11-13-43-18-20/h6,8-9,11,13,18-19,22-23H,7,10,12,14-17H2,1-5H3,(H,32,41)(H,33,37)(H,34,39)/t22-,23?/m1/s1. The van der Waals surface area contributed by atoms with E-state index in [0.717, 1.165) is 17.5 Å². The minimum atomic E-state index is -0.916. The first kappa shape index (κ1) is 32.0. The zero-order valence-electron chi connectivity index (χ0n) is 25.4. The molecule has 1 unspecified atom stereocenters. The van der Waals surface area contributed by atoms with E-state index < -0.39 is 35.6 Å². The molecule has 4 rings (SSSR count). The number of ether oxygens (including phenoxy) is 1. The smallest absolute Gasteiger partial charge is 0.408 e. The van der Waals surface area contributed by atoms with Crippen molar-refractivity contribution in [3.05, 3.63) is 46.2 Å². The molecule has 2 aromatic rings. The van der Waals surface area contributed by atoms with Gasteiger partial charge in [0.2, 0.25) is 23.6 Å². The van der Waals surface area contributed by atoms with Gasteiger partial charge in [-0.05, 0) is 73.6 Å². The number of hydrogen-bond donors (Lipinski definition) is 3. The molecule has 0 bridgehead atoms. The van der Waals surface area contributed by atoms with Gasteiger partial charge < -0.3 is 30.5 Å². The highest BCUT2D eigenvalue weighted by Crippen LogP contribution is 2.40. The van der Waals surface area contributed by atoms with Gasteiger partial charge in [0.05, 0.1) is 17.9 Å². The molecule has 2 aliphatic heterocycles. The quantitative estimate of drug-likeness (QED) is 0.376. The van der Waals surface area contributed by atoms with Crippen molar-refractivity contribution in [2.45, 2.75) is 84.5 Å². The highest BCUT2D eigenvalue weighted by molar-refractivity contribution is 7.07. The normalized spacial score (nSPS) is 17.5. The average molecular weight is 612 g/mol. The van der Waals surface area contributed by atoms with Gasteiger partial charge in [-0.3, -0.25) is 19.2 Å². The van der Waals surface area contributed by atoms with Crippen molar-refractivity contribution < 1.29 is 28.7 Å². The summed E-state index contributed by atoms with van der Waals surface area (Å²) in [7, 11) is 0. The fourth-order valence-corrected chi connectivity index (χ4v) is 5.96. The number of anilines is 2. The lowest BCUT2D eigenvalue weighted by molar-refractivity contribution is -0.131. The average Bonchev–Trinajstić information content (AvgIpc) is 3.59. The summed E-state index contributed by atoms with van der Waals surface area (Å²) in [6.45, 7) is 9.53. The third-order valence-corrected chi connectivity index (χ3v) is 7.84. The lowest BCUT2D eigenvalue weighted by Crippen LogP contribution is -2.57. The molecule has 0 radical (unpaired) electrons. The van der Waals surface area contributed by atoms with E-state index in [1.807, 2.05) is 48.9 Å². The van der Waals surface area contributed by atoms with E-state index in [0.29, 0.717) is 37.3 Å². The Morgan fingerprint density at radius 2 is 1.91 bits per heavy atom. The SMILES string of the molecule is CC(C)C[C@@H](NC(=O)CNC(=O)OC(C)(C)C)C(=O)NC1Cc2cccc(N3CCCC3=O)c2N(Cc2ccsc2)C1=O. The van der Waals surface area contributed by atoms with Crippen molar-refractivity contribution in [1.82, 2.24) is 16.0 Å². The second-order valence-corrected chi connectivity index (χ2v) is 13.1. The summed E-state index contributed by atoms with van der Waals surface area (Å²) in [5.74, 6) is -1.23. The number of fused-ring (bicyclic) bond motifs is 1. The molecule has 1 aromatic heterocycles. The zero-order chi connectivity index (χ0) is 31.3. The molecule has 3 N–H and O–H groups in total. The molecular formula is C31H41N5O6S. The van der Waals surface area contributed by atoms with E-state index >= 15 is 0 Å². The van der Waals surface area contributed by atoms with Gasteiger partial charge in [0.1, 0.15) is 24.2 Å². The summed E-state index contributed by atoms with van der Waals surface area (Å²) < 4.78 is 5.17. The number of benzene rings is 1. The highest BCUT2D eigenvalue weighted by Gasteiger charge is 2.38. The van der Waals surface area contributed by atoms with E-state index in [9.17, 15) is 24.0 Å². The van der Waals surface area contributed by atoms with Crippen molar-refractivity contribution in [1.29, 1.82) is 0 Å². The van der Waals surface area contributed by atoms with Crippen LogP contribution in [0, 0.1) is 5.92 Å². The van der Waals surface area contributed by atoms with Crippen LogP contribution >= 0.6 is 11.3 Å². The second kappa shape index (κ2) is 13.6. The van der Waals surface area contributed by atoms with Gasteiger partial charge in [0.15, 0.2) is 0 Å². The summed E-state index contributed by atoms with van der Waals surface area (Å²) in [5, 5.41) is 11.9. The second-order valence-electron chi connectivity index (χ2n) is 12.4. The molecule has 0 aliphatic carbocycles. The number of hydrogen-bond acceptors (Lipinski definition) is 7. The molecule has 2 aliphatic rings. The number of rotatable bonds is 10. The molecular weight excluding hydrogens is 570 g/mol. The lowest BCUT2D eigenvalue weighted by atomic mass is 9.94. The van der Waals surface area contributed by atoms with Gasteiger partial charge >= 0.3 is 6.09 Å². The van der Waals surface area contributed by atoms with Gasteiger partial charge in [-0.1, -0.05) is 26.0 Å². The Morgan fingerprint density at radius 3 is 2.53 bits per heavy atom. The maximum atomic E-state index is 14.0. The fraction of sp³-hybridized carbons (Fsp3) is 0.516. The summed E-state index contributed by atoms with van der Waals surface area (Å²) in [6.07, 6.45) is 1.08. The van der Waals surface area contributed by atoms with E-state index in [1.54, 1.807) is 30.6 Å². The molecule has 2 atom stereocenters. The molecule has 12 heteroatoms. The molecule has 232 valence electrons. The number of thiophene rings is 1. The van der Waals surface area contributed by atoms with Crippen molar-refractivity contribution in [3.8, 4) is 0 Å². The molecule has 1 fully saturated rings. The monoisotopic (exact) mass is 611 g/mol. The number of alkyl carbamates (subject to hydrolysis) is 1. The van der Waals surface area contributed by atoms with E-state index in [-0.39, 0.29) is 30.7 Å². The first-order valence-corrected chi connectivity index (χ1v) is 15.6. The molecule has 5 amide bonds. The molecule has 43 heavy (non-hydrogen) atoms. The van der Waals surface area contributed by atoms with E-state index in [2.05, 4.69) is 16.0 Å². The topological polar surface area (TPSA) is 137 Å². The van der Waals surface area contributed by atoms with Crippen LogP contribution in [-0.2, 0) is 36.9 Å². The van der Waals surface area contributed by atoms with Crippen molar-refractivity contribution in [3.63, 3.8) is 0 Å². The van der Waals surface area contributed by atoms with Gasteiger partial charge in [0.25, 0.3) is 0 Å². The number of nitrogens with zero attached hydrogens (tertiary/aromatic N) is 2. The maximum Gasteiger partial charge on any atom is 0.408 e. The molecule has 1 aromatic carbocycles. The third-order valence-electron chi connectivity index (χ3n) is 7.11. The van der Waals surface area contributed by atoms with Crippen LogP contribution < -0.4 is 25.8 Å². The Bertz CT molecular complexity index is 1350. The van der Waals surface area contributed by atoms with Gasteiger partial charge in [-0.2, -0.15) is 11.3 Å². The first-order chi connectivity index (χ1) is 20.3. The molecule has 0 spiro atoms. The Hall–Kier alpha value is -3.93. The van der Waals surface area contributed by atoms with E-state index in [1.165, 1.54) is 11.3 Å². The Kier molecular flexibility index (Phi) is 10.1. The lowest BCUT2D eigenvalue weighted by Gasteiger charge is -2.37. The van der Waals surface area contributed by atoms with Gasteiger partial charge in [0, 0.05) is 19.4 Å². The number of carbonyl (C=O) groups is 5. The Morgan fingerprint density at radius 1 is 1.14 bits per heavy atom. The van der Waals surface area contributed by atoms with Crippen LogP contribution in [0.15, 0.2) is 35.0 Å². The molecule has 0 saturated carbocycles. The number of carbonyl (C=O) groups excluding carboxylic acids is 5. The highest BCUT2D eigenvalue weighted by atomic mass is 32.1. The largest absolute Gasteiger partial charge is 0.444 e. The van der Waals surface area contributed by atoms with Crippen molar-refractivity contribution in [2.75, 3.05) is 22.9 Å². The Balaban J connectivity index is 1.53. The molecule has 1 saturated heterocycles. The fourth-order valence-electron chi connectivity index (χ4n) is 5.30. The number of amides is 5. The van der Waals surface area contributed by atoms with Gasteiger partial charge in [-0.15, -0.1) is 0 Å².